The van der Waals surface area contributed by atoms with Crippen LogP contribution in [0.3, 0.4) is 0 Å². The fraction of sp³-hybridized carbons (Fsp3) is 0.406. The molecule has 8 heteroatoms. The van der Waals surface area contributed by atoms with Crippen LogP contribution in [0.2, 0.25) is 0 Å². The molecule has 2 unspecified atom stereocenters. The first kappa shape index (κ1) is 29.4. The van der Waals surface area contributed by atoms with E-state index in [4.69, 9.17) is 9.47 Å². The number of benzene rings is 2. The van der Waals surface area contributed by atoms with Gasteiger partial charge in [0.15, 0.2) is 11.5 Å². The van der Waals surface area contributed by atoms with Crippen molar-refractivity contribution in [3.05, 3.63) is 74.5 Å². The summed E-state index contributed by atoms with van der Waals surface area (Å²) in [6, 6.07) is 13.7. The molecule has 1 aliphatic carbocycles. The number of allylic oxidation sites excluding steroid dienone is 4. The molecular weight excluding hydrogens is 570 g/mol. The second-order valence-corrected chi connectivity index (χ2v) is 11.3. The lowest BCUT2D eigenvalue weighted by Crippen LogP contribution is -2.34. The highest BCUT2D eigenvalue weighted by molar-refractivity contribution is 9.10. The molecule has 2 atom stereocenters. The molecule has 0 fully saturated rings. The predicted octanol–water partition coefficient (Wildman–Crippen LogP) is 7.29. The van der Waals surface area contributed by atoms with Gasteiger partial charge < -0.3 is 20.1 Å². The summed E-state index contributed by atoms with van der Waals surface area (Å²) in [7, 11) is 1.62. The van der Waals surface area contributed by atoms with E-state index in [9.17, 15) is 14.9 Å². The van der Waals surface area contributed by atoms with Crippen molar-refractivity contribution in [3.8, 4) is 17.6 Å². The third-order valence-electron chi connectivity index (χ3n) is 7.40. The van der Waals surface area contributed by atoms with E-state index in [2.05, 4.69) is 39.6 Å². The van der Waals surface area contributed by atoms with Gasteiger partial charge in [-0.25, -0.2) is 0 Å². The van der Waals surface area contributed by atoms with Crippen LogP contribution in [-0.2, 0) is 16.2 Å². The lowest BCUT2D eigenvalue weighted by Gasteiger charge is -2.35. The van der Waals surface area contributed by atoms with E-state index in [-0.39, 0.29) is 18.3 Å². The van der Waals surface area contributed by atoms with Crippen LogP contribution in [0.4, 0.5) is 5.69 Å². The van der Waals surface area contributed by atoms with Gasteiger partial charge in [0, 0.05) is 29.8 Å². The quantitative estimate of drug-likeness (QED) is 0.295. The number of hydrogen-bond acceptors (Lipinski definition) is 6. The average Bonchev–Trinajstić information content (AvgIpc) is 2.92. The molecule has 1 amide bonds. The molecule has 0 spiro atoms. The molecule has 2 N–H and O–H groups in total. The van der Waals surface area contributed by atoms with Crippen molar-refractivity contribution in [3.63, 3.8) is 0 Å². The van der Waals surface area contributed by atoms with Crippen LogP contribution < -0.4 is 20.1 Å². The Hall–Kier alpha value is -3.57. The Balaban J connectivity index is 1.77. The fourth-order valence-electron chi connectivity index (χ4n) is 5.59. The van der Waals surface area contributed by atoms with Crippen molar-refractivity contribution in [2.75, 3.05) is 12.4 Å². The standard InChI is InChI=1S/C32H36BrN3O4/c1-5-8-20-13-26-31(28(37)14-20)30(24(17-34)19(3)35-26)22-15-25(33)32(27(16-22)36-29(38)9-6-2)40-18-21-10-7-11-23(12-21)39-4/h7,10-12,15-16,20,30,35H,5-6,8-9,13-14,18H2,1-4H3,(H,36,38). The van der Waals surface area contributed by atoms with Gasteiger partial charge in [-0.05, 0) is 83.4 Å². The summed E-state index contributed by atoms with van der Waals surface area (Å²) in [6.07, 6.45) is 4.33. The molecule has 0 radical (unpaired) electrons. The number of hydrogen-bond donors (Lipinski definition) is 2. The van der Waals surface area contributed by atoms with Crippen molar-refractivity contribution in [1.29, 1.82) is 5.26 Å². The zero-order valence-corrected chi connectivity index (χ0v) is 25.1. The Bertz CT molecular complexity index is 1410. The van der Waals surface area contributed by atoms with E-state index in [0.29, 0.717) is 52.2 Å². The highest BCUT2D eigenvalue weighted by atomic mass is 79.9. The van der Waals surface area contributed by atoms with Gasteiger partial charge in [0.25, 0.3) is 0 Å². The highest BCUT2D eigenvalue weighted by Gasteiger charge is 2.39. The minimum absolute atomic E-state index is 0.0727. The van der Waals surface area contributed by atoms with Crippen molar-refractivity contribution < 1.29 is 19.1 Å². The van der Waals surface area contributed by atoms with Crippen LogP contribution in [-0.4, -0.2) is 18.8 Å². The maximum Gasteiger partial charge on any atom is 0.224 e. The van der Waals surface area contributed by atoms with Gasteiger partial charge in [0.2, 0.25) is 5.91 Å². The van der Waals surface area contributed by atoms with Gasteiger partial charge in [0.1, 0.15) is 12.4 Å². The van der Waals surface area contributed by atoms with Crippen LogP contribution in [0.1, 0.15) is 76.3 Å². The number of Topliss-reactive ketones (excluding diaryl/α,β-unsaturated/α-hetero) is 1. The Kier molecular flexibility index (Phi) is 9.70. The lowest BCUT2D eigenvalue weighted by atomic mass is 9.72. The fourth-order valence-corrected chi connectivity index (χ4v) is 6.18. The van der Waals surface area contributed by atoms with Crippen molar-refractivity contribution >= 4 is 33.3 Å². The topological polar surface area (TPSA) is 100 Å². The number of carbonyl (C=O) groups is 2. The molecule has 0 saturated heterocycles. The summed E-state index contributed by atoms with van der Waals surface area (Å²) >= 11 is 3.67. The van der Waals surface area contributed by atoms with Crippen molar-refractivity contribution in [2.45, 2.75) is 71.8 Å². The smallest absolute Gasteiger partial charge is 0.224 e. The number of halogens is 1. The van der Waals surface area contributed by atoms with E-state index in [1.165, 1.54) is 0 Å². The second-order valence-electron chi connectivity index (χ2n) is 10.4. The predicted molar refractivity (Wildman–Crippen MR) is 159 cm³/mol. The molecule has 0 aromatic heterocycles. The number of ketones is 1. The summed E-state index contributed by atoms with van der Waals surface area (Å²) in [4.78, 5) is 26.3. The normalized spacial score (nSPS) is 18.6. The van der Waals surface area contributed by atoms with E-state index in [1.54, 1.807) is 7.11 Å². The van der Waals surface area contributed by atoms with Crippen LogP contribution in [0.25, 0.3) is 0 Å². The van der Waals surface area contributed by atoms with Crippen LogP contribution in [0.15, 0.2) is 63.4 Å². The zero-order valence-electron chi connectivity index (χ0n) is 23.5. The van der Waals surface area contributed by atoms with Gasteiger partial charge in [-0.15, -0.1) is 0 Å². The van der Waals surface area contributed by atoms with Crippen LogP contribution in [0, 0.1) is 17.2 Å². The summed E-state index contributed by atoms with van der Waals surface area (Å²) in [5, 5.41) is 16.6. The largest absolute Gasteiger partial charge is 0.497 e. The highest BCUT2D eigenvalue weighted by Crippen LogP contribution is 2.47. The molecule has 2 aromatic rings. The molecule has 4 rings (SSSR count). The second kappa shape index (κ2) is 13.2. The first-order valence-electron chi connectivity index (χ1n) is 13.8. The molecular formula is C32H36BrN3O4. The minimum Gasteiger partial charge on any atom is -0.497 e. The van der Waals surface area contributed by atoms with Gasteiger partial charge in [-0.2, -0.15) is 5.26 Å². The average molecular weight is 607 g/mol. The number of rotatable bonds is 10. The lowest BCUT2D eigenvalue weighted by molar-refractivity contribution is -0.117. The first-order chi connectivity index (χ1) is 19.3. The van der Waals surface area contributed by atoms with E-state index >= 15 is 0 Å². The van der Waals surface area contributed by atoms with Crippen molar-refractivity contribution in [2.24, 2.45) is 5.92 Å². The summed E-state index contributed by atoms with van der Waals surface area (Å²) in [6.45, 7) is 6.22. The first-order valence-corrected chi connectivity index (χ1v) is 14.6. The summed E-state index contributed by atoms with van der Waals surface area (Å²) in [5.74, 6) is 0.920. The molecule has 1 heterocycles. The zero-order chi connectivity index (χ0) is 28.8. The Labute approximate surface area is 244 Å². The molecule has 2 aliphatic rings. The Morgan fingerprint density at radius 1 is 1.20 bits per heavy atom. The Morgan fingerprint density at radius 2 is 2.00 bits per heavy atom. The van der Waals surface area contributed by atoms with Crippen molar-refractivity contribution in [1.82, 2.24) is 5.32 Å². The number of nitriles is 1. The Morgan fingerprint density at radius 3 is 2.70 bits per heavy atom. The number of anilines is 1. The third-order valence-corrected chi connectivity index (χ3v) is 7.99. The summed E-state index contributed by atoms with van der Waals surface area (Å²) < 4.78 is 12.2. The van der Waals surface area contributed by atoms with Crippen LogP contribution in [0.5, 0.6) is 11.5 Å². The van der Waals surface area contributed by atoms with Gasteiger partial charge in [0.05, 0.1) is 34.8 Å². The maximum absolute atomic E-state index is 13.5. The molecule has 1 aliphatic heterocycles. The van der Waals surface area contributed by atoms with Gasteiger partial charge >= 0.3 is 0 Å². The number of nitrogens with zero attached hydrogens (tertiary/aromatic N) is 1. The SMILES string of the molecule is CCCC(=O)Nc1cc(C2C(C#N)=C(C)NC3=C2C(=O)CC(CCC)C3)cc(Br)c1OCc1cccc(OC)c1. The van der Waals surface area contributed by atoms with Crippen LogP contribution >= 0.6 is 15.9 Å². The minimum atomic E-state index is -0.526. The van der Waals surface area contributed by atoms with E-state index < -0.39 is 5.92 Å². The number of amides is 1. The number of ether oxygens (including phenoxy) is 2. The monoisotopic (exact) mass is 605 g/mol. The third kappa shape index (κ3) is 6.42. The molecule has 40 heavy (non-hydrogen) atoms. The number of dihydropyridines is 1. The van der Waals surface area contributed by atoms with Gasteiger partial charge in [-0.1, -0.05) is 32.4 Å². The molecule has 2 aromatic carbocycles. The number of methoxy groups -OCH3 is 1. The molecule has 210 valence electrons. The van der Waals surface area contributed by atoms with E-state index in [1.807, 2.05) is 50.2 Å². The van der Waals surface area contributed by atoms with Gasteiger partial charge in [-0.3, -0.25) is 9.59 Å². The molecule has 0 saturated carbocycles. The number of nitrogens with one attached hydrogen (secondary N) is 2. The summed E-state index contributed by atoms with van der Waals surface area (Å²) in [5.41, 5.74) is 4.97. The maximum atomic E-state index is 13.5. The number of carbonyl (C=O) groups excluding carboxylic acids is 2. The molecule has 0 bridgehead atoms. The molecule has 7 nitrogen and oxygen atoms in total. The van der Waals surface area contributed by atoms with E-state index in [0.717, 1.165) is 47.5 Å².